The molecule has 1 aromatic carbocycles. The Bertz CT molecular complexity index is 1070. The van der Waals surface area contributed by atoms with Gasteiger partial charge >= 0.3 is 12.0 Å². The summed E-state index contributed by atoms with van der Waals surface area (Å²) in [6.07, 6.45) is 4.19. The number of imide groups is 1. The lowest BCUT2D eigenvalue weighted by Crippen LogP contribution is -2.42. The minimum atomic E-state index is -1.07. The van der Waals surface area contributed by atoms with E-state index in [0.29, 0.717) is 36.8 Å². The molecule has 10 heteroatoms. The molecule has 0 spiro atoms. The zero-order valence-electron chi connectivity index (χ0n) is 17.5. The highest BCUT2D eigenvalue weighted by atomic mass is 16.4. The van der Waals surface area contributed by atoms with E-state index in [1.165, 1.54) is 17.3 Å². The second-order valence-corrected chi connectivity index (χ2v) is 7.95. The van der Waals surface area contributed by atoms with Gasteiger partial charge in [-0.05, 0) is 49.9 Å². The Morgan fingerprint density at radius 2 is 1.78 bits per heavy atom. The largest absolute Gasteiger partial charge is 0.478 e. The maximum absolute atomic E-state index is 13.0. The summed E-state index contributed by atoms with van der Waals surface area (Å²) in [4.78, 5) is 49.8. The molecule has 1 N–H and O–H groups in total. The molecule has 0 aliphatic carbocycles. The van der Waals surface area contributed by atoms with Crippen LogP contribution in [0.3, 0.4) is 0 Å². The maximum atomic E-state index is 13.0. The van der Waals surface area contributed by atoms with E-state index in [4.69, 9.17) is 10.4 Å². The first-order chi connectivity index (χ1) is 15.4. The van der Waals surface area contributed by atoms with Gasteiger partial charge in [-0.15, -0.1) is 0 Å². The van der Waals surface area contributed by atoms with Crippen molar-refractivity contribution >= 4 is 29.5 Å². The molecule has 0 saturated carbocycles. The van der Waals surface area contributed by atoms with E-state index in [-0.39, 0.29) is 23.4 Å². The summed E-state index contributed by atoms with van der Waals surface area (Å²) in [5, 5.41) is 17.9. The fourth-order valence-corrected chi connectivity index (χ4v) is 4.06. The fourth-order valence-electron chi connectivity index (χ4n) is 4.06. The van der Waals surface area contributed by atoms with Gasteiger partial charge in [0.2, 0.25) is 5.95 Å². The lowest BCUT2D eigenvalue weighted by molar-refractivity contribution is -0.119. The van der Waals surface area contributed by atoms with Crippen molar-refractivity contribution in [2.24, 2.45) is 5.92 Å². The summed E-state index contributed by atoms with van der Waals surface area (Å²) >= 11 is 0. The van der Waals surface area contributed by atoms with E-state index in [2.05, 4.69) is 9.97 Å². The summed E-state index contributed by atoms with van der Waals surface area (Å²) < 4.78 is 0. The highest BCUT2D eigenvalue weighted by molar-refractivity contribution is 6.21. The number of nitriles is 1. The Labute approximate surface area is 184 Å². The number of hydrogen-bond donors (Lipinski definition) is 1. The number of hydrogen-bond acceptors (Lipinski definition) is 7. The summed E-state index contributed by atoms with van der Waals surface area (Å²) in [7, 11) is 0. The third kappa shape index (κ3) is 3.97. The van der Waals surface area contributed by atoms with Crippen LogP contribution < -0.4 is 9.80 Å². The van der Waals surface area contributed by atoms with Gasteiger partial charge in [0, 0.05) is 32.0 Å². The normalized spacial score (nSPS) is 19.4. The summed E-state index contributed by atoms with van der Waals surface area (Å²) in [6.45, 7) is 3.57. The number of aromatic nitrogens is 2. The molecule has 4 rings (SSSR count). The van der Waals surface area contributed by atoms with Gasteiger partial charge in [0.25, 0.3) is 5.91 Å². The van der Waals surface area contributed by atoms with Gasteiger partial charge in [0.15, 0.2) is 0 Å². The van der Waals surface area contributed by atoms with E-state index >= 15 is 0 Å². The number of anilines is 2. The van der Waals surface area contributed by atoms with Crippen molar-refractivity contribution < 1.29 is 19.5 Å². The third-order valence-electron chi connectivity index (χ3n) is 5.97. The maximum Gasteiger partial charge on any atom is 0.338 e. The molecule has 2 aromatic rings. The molecule has 2 saturated heterocycles. The first-order valence-corrected chi connectivity index (χ1v) is 10.3. The number of aromatic carboxylic acids is 1. The van der Waals surface area contributed by atoms with E-state index in [1.54, 1.807) is 36.1 Å². The predicted molar refractivity (Wildman–Crippen MR) is 114 cm³/mol. The van der Waals surface area contributed by atoms with Crippen molar-refractivity contribution in [1.82, 2.24) is 14.9 Å². The fraction of sp³-hybridized carbons (Fsp3) is 0.364. The quantitative estimate of drug-likeness (QED) is 0.708. The van der Waals surface area contributed by atoms with Gasteiger partial charge in [0.1, 0.15) is 6.04 Å². The summed E-state index contributed by atoms with van der Waals surface area (Å²) in [5.74, 6) is -0.626. The van der Waals surface area contributed by atoms with Gasteiger partial charge < -0.3 is 14.9 Å². The van der Waals surface area contributed by atoms with Crippen molar-refractivity contribution in [2.45, 2.75) is 25.8 Å². The molecule has 0 bridgehead atoms. The molecule has 3 heterocycles. The monoisotopic (exact) mass is 434 g/mol. The van der Waals surface area contributed by atoms with Crippen LogP contribution in [0.25, 0.3) is 0 Å². The molecule has 32 heavy (non-hydrogen) atoms. The predicted octanol–water partition coefficient (Wildman–Crippen LogP) is 2.12. The van der Waals surface area contributed by atoms with Crippen LogP contribution in [0.2, 0.25) is 0 Å². The van der Waals surface area contributed by atoms with Crippen LogP contribution in [-0.2, 0) is 4.79 Å². The number of carbonyl (C=O) groups excluding carboxylic acids is 2. The van der Waals surface area contributed by atoms with E-state index in [1.807, 2.05) is 11.0 Å². The van der Waals surface area contributed by atoms with Gasteiger partial charge in [0.05, 0.1) is 22.9 Å². The number of urea groups is 1. The number of carbonyl (C=O) groups is 3. The first-order valence-electron chi connectivity index (χ1n) is 10.3. The Morgan fingerprint density at radius 1 is 1.16 bits per heavy atom. The van der Waals surface area contributed by atoms with E-state index in [9.17, 15) is 14.4 Å². The molecular weight excluding hydrogens is 412 g/mol. The lowest BCUT2D eigenvalue weighted by atomic mass is 9.96. The van der Waals surface area contributed by atoms with Crippen molar-refractivity contribution in [1.29, 1.82) is 5.26 Å². The second kappa shape index (κ2) is 8.63. The Balaban J connectivity index is 1.38. The van der Waals surface area contributed by atoms with Crippen LogP contribution in [0.5, 0.6) is 0 Å². The van der Waals surface area contributed by atoms with Gasteiger partial charge in [-0.3, -0.25) is 4.79 Å². The number of rotatable bonds is 5. The number of benzene rings is 1. The molecule has 2 aliphatic heterocycles. The van der Waals surface area contributed by atoms with Crippen molar-refractivity contribution in [3.63, 3.8) is 0 Å². The van der Waals surface area contributed by atoms with Crippen LogP contribution in [0.1, 0.15) is 35.7 Å². The summed E-state index contributed by atoms with van der Waals surface area (Å²) in [6, 6.07) is 7.52. The van der Waals surface area contributed by atoms with Gasteiger partial charge in [-0.25, -0.2) is 24.5 Å². The number of nitrogens with zero attached hydrogens (tertiary/aromatic N) is 6. The molecule has 10 nitrogen and oxygen atoms in total. The first kappa shape index (κ1) is 21.2. The average molecular weight is 434 g/mol. The number of carboxylic acids is 1. The number of amides is 3. The molecule has 1 atom stereocenters. The number of carboxylic acid groups (broad SMARTS) is 1. The zero-order chi connectivity index (χ0) is 22.8. The molecule has 3 amide bonds. The van der Waals surface area contributed by atoms with Crippen LogP contribution in [-0.4, -0.2) is 63.6 Å². The molecule has 2 aliphatic rings. The Morgan fingerprint density at radius 3 is 2.34 bits per heavy atom. The molecule has 2 fully saturated rings. The van der Waals surface area contributed by atoms with Crippen LogP contribution in [0.4, 0.5) is 16.4 Å². The molecular formula is C22H22N6O4. The Kier molecular flexibility index (Phi) is 5.73. The van der Waals surface area contributed by atoms with Gasteiger partial charge in [-0.1, -0.05) is 0 Å². The second-order valence-electron chi connectivity index (χ2n) is 7.95. The van der Waals surface area contributed by atoms with E-state index in [0.717, 1.165) is 12.8 Å². The van der Waals surface area contributed by atoms with Crippen LogP contribution in [0, 0.1) is 17.2 Å². The SMILES string of the molecule is CC1C(=O)N(c2ccc(C#N)cc2)C(=O)N1CC1CCN(c2ncc(C(=O)O)cn2)CC1. The smallest absolute Gasteiger partial charge is 0.338 e. The Hall–Kier alpha value is -4.00. The molecule has 1 aromatic heterocycles. The number of piperidine rings is 1. The highest BCUT2D eigenvalue weighted by Crippen LogP contribution is 2.29. The standard InChI is InChI=1S/C22H22N6O4/c1-14-19(29)28(18-4-2-15(10-23)3-5-18)22(32)27(14)13-16-6-8-26(9-7-16)21-24-11-17(12-25-21)20(30)31/h2-5,11-12,14,16H,6-9,13H2,1H3,(H,30,31). The highest BCUT2D eigenvalue weighted by Gasteiger charge is 2.44. The zero-order valence-corrected chi connectivity index (χ0v) is 17.5. The topological polar surface area (TPSA) is 131 Å². The molecule has 1 unspecified atom stereocenters. The van der Waals surface area contributed by atoms with Crippen molar-refractivity contribution in [3.05, 3.63) is 47.8 Å². The average Bonchev–Trinajstić information content (AvgIpc) is 3.03. The van der Waals surface area contributed by atoms with Crippen LogP contribution >= 0.6 is 0 Å². The molecule has 0 radical (unpaired) electrons. The minimum Gasteiger partial charge on any atom is -0.478 e. The minimum absolute atomic E-state index is 0.0432. The lowest BCUT2D eigenvalue weighted by Gasteiger charge is -2.34. The third-order valence-corrected chi connectivity index (χ3v) is 5.97. The van der Waals surface area contributed by atoms with Crippen molar-refractivity contribution in [3.8, 4) is 6.07 Å². The van der Waals surface area contributed by atoms with E-state index < -0.39 is 12.0 Å². The van der Waals surface area contributed by atoms with Gasteiger partial charge in [-0.2, -0.15) is 5.26 Å². The van der Waals surface area contributed by atoms with Crippen LogP contribution in [0.15, 0.2) is 36.7 Å². The summed E-state index contributed by atoms with van der Waals surface area (Å²) in [5.41, 5.74) is 0.970. The molecule has 164 valence electrons. The van der Waals surface area contributed by atoms with Crippen molar-refractivity contribution in [2.75, 3.05) is 29.4 Å².